The number of anilines is 1. The summed E-state index contributed by atoms with van der Waals surface area (Å²) in [6, 6.07) is 1.51. The molecule has 0 spiro atoms. The number of amides is 2. The molecule has 162 valence electrons. The van der Waals surface area contributed by atoms with Crippen molar-refractivity contribution >= 4 is 17.8 Å². The topological polar surface area (TPSA) is 119 Å². The van der Waals surface area contributed by atoms with Crippen molar-refractivity contribution in [1.82, 2.24) is 25.4 Å². The minimum Gasteiger partial charge on any atom is -0.444 e. The summed E-state index contributed by atoms with van der Waals surface area (Å²) >= 11 is 0. The van der Waals surface area contributed by atoms with Gasteiger partial charge in [0.25, 0.3) is 5.91 Å². The lowest BCUT2D eigenvalue weighted by molar-refractivity contribution is 0.0474. The lowest BCUT2D eigenvalue weighted by Gasteiger charge is -2.23. The first-order chi connectivity index (χ1) is 14.2. The molecule has 3 heterocycles. The number of fused-ring (bicyclic) bond motifs is 1. The quantitative estimate of drug-likeness (QED) is 0.628. The molecule has 2 aromatic rings. The smallest absolute Gasteiger partial charge is 0.408 e. The van der Waals surface area contributed by atoms with Crippen LogP contribution in [0.25, 0.3) is 11.3 Å². The molecule has 2 amide bonds. The van der Waals surface area contributed by atoms with E-state index in [0.717, 1.165) is 11.1 Å². The standard InChI is InChI=1S/C20H28N6O4/c1-20(2,3)30-19(28)24-14(11-29-5)9-21-15-6-12-7-22-18(27)16(12)17(25-15)13-8-23-26(4)10-13/h6,8,10,14H,7,9,11H2,1-5H3,(H,21,25)(H,22,27)(H,24,28). The van der Waals surface area contributed by atoms with E-state index in [2.05, 4.69) is 26.0 Å². The molecular weight excluding hydrogens is 388 g/mol. The summed E-state index contributed by atoms with van der Waals surface area (Å²) in [6.07, 6.45) is 2.98. The minimum absolute atomic E-state index is 0.147. The van der Waals surface area contributed by atoms with Crippen molar-refractivity contribution in [3.8, 4) is 11.3 Å². The van der Waals surface area contributed by atoms with Gasteiger partial charge < -0.3 is 25.4 Å². The van der Waals surface area contributed by atoms with Crippen LogP contribution in [-0.4, -0.2) is 58.7 Å². The average molecular weight is 416 g/mol. The van der Waals surface area contributed by atoms with E-state index in [9.17, 15) is 9.59 Å². The van der Waals surface area contributed by atoms with E-state index in [4.69, 9.17) is 9.47 Å². The largest absolute Gasteiger partial charge is 0.444 e. The Bertz CT molecular complexity index is 934. The number of carbonyl (C=O) groups excluding carboxylic acids is 2. The second-order valence-electron chi connectivity index (χ2n) is 8.15. The molecule has 30 heavy (non-hydrogen) atoms. The molecule has 1 aliphatic heterocycles. The summed E-state index contributed by atoms with van der Waals surface area (Å²) in [5.41, 5.74) is 2.17. The number of carbonyl (C=O) groups is 2. The van der Waals surface area contributed by atoms with E-state index >= 15 is 0 Å². The van der Waals surface area contributed by atoms with Crippen molar-refractivity contribution in [3.05, 3.63) is 29.6 Å². The third-order valence-corrected chi connectivity index (χ3v) is 4.36. The van der Waals surface area contributed by atoms with Gasteiger partial charge in [-0.1, -0.05) is 0 Å². The zero-order chi connectivity index (χ0) is 21.9. The summed E-state index contributed by atoms with van der Waals surface area (Å²) in [7, 11) is 3.37. The van der Waals surface area contributed by atoms with Gasteiger partial charge in [-0.15, -0.1) is 0 Å². The minimum atomic E-state index is -0.588. The Morgan fingerprint density at radius 3 is 2.80 bits per heavy atom. The van der Waals surface area contributed by atoms with Crippen LogP contribution in [0.4, 0.5) is 10.6 Å². The van der Waals surface area contributed by atoms with Crippen LogP contribution in [0.2, 0.25) is 0 Å². The fraction of sp³-hybridized carbons (Fsp3) is 0.500. The molecule has 3 rings (SSSR count). The Morgan fingerprint density at radius 1 is 1.40 bits per heavy atom. The number of alkyl carbamates (subject to hydrolysis) is 1. The van der Waals surface area contributed by atoms with Crippen LogP contribution < -0.4 is 16.0 Å². The highest BCUT2D eigenvalue weighted by Gasteiger charge is 2.26. The van der Waals surface area contributed by atoms with Crippen LogP contribution in [-0.2, 0) is 23.1 Å². The van der Waals surface area contributed by atoms with E-state index in [1.54, 1.807) is 38.8 Å². The molecule has 1 aliphatic rings. The number of hydrogen-bond donors (Lipinski definition) is 3. The number of nitrogens with zero attached hydrogens (tertiary/aromatic N) is 3. The summed E-state index contributed by atoms with van der Waals surface area (Å²) in [5.74, 6) is 0.447. The number of hydrogen-bond acceptors (Lipinski definition) is 7. The predicted octanol–water partition coefficient (Wildman–Crippen LogP) is 1.68. The number of ether oxygens (including phenoxy) is 2. The number of methoxy groups -OCH3 is 1. The number of aryl methyl sites for hydroxylation is 1. The third kappa shape index (κ3) is 5.26. The van der Waals surface area contributed by atoms with E-state index in [1.807, 2.05) is 19.3 Å². The van der Waals surface area contributed by atoms with Gasteiger partial charge in [0.1, 0.15) is 11.4 Å². The lowest BCUT2D eigenvalue weighted by atomic mass is 10.0. The molecule has 0 radical (unpaired) electrons. The van der Waals surface area contributed by atoms with Crippen molar-refractivity contribution < 1.29 is 19.1 Å². The summed E-state index contributed by atoms with van der Waals surface area (Å²) in [5, 5.41) is 13.0. The fourth-order valence-corrected chi connectivity index (χ4v) is 3.15. The highest BCUT2D eigenvalue weighted by atomic mass is 16.6. The number of aromatic nitrogens is 3. The second kappa shape index (κ2) is 8.70. The van der Waals surface area contributed by atoms with Crippen molar-refractivity contribution in [2.75, 3.05) is 25.6 Å². The molecule has 0 bridgehead atoms. The first-order valence-corrected chi connectivity index (χ1v) is 9.69. The van der Waals surface area contributed by atoms with Gasteiger partial charge in [0, 0.05) is 39.0 Å². The Morgan fingerprint density at radius 2 is 2.17 bits per heavy atom. The molecule has 0 aliphatic carbocycles. The van der Waals surface area contributed by atoms with Crippen molar-refractivity contribution in [2.45, 2.75) is 39.0 Å². The molecule has 10 nitrogen and oxygen atoms in total. The number of pyridine rings is 1. The Hall–Kier alpha value is -3.14. The zero-order valence-corrected chi connectivity index (χ0v) is 17.9. The first-order valence-electron chi connectivity index (χ1n) is 9.69. The van der Waals surface area contributed by atoms with E-state index in [1.165, 1.54) is 0 Å². The average Bonchev–Trinajstić information content (AvgIpc) is 3.24. The molecule has 2 aromatic heterocycles. The van der Waals surface area contributed by atoms with Crippen LogP contribution in [0.5, 0.6) is 0 Å². The van der Waals surface area contributed by atoms with Gasteiger partial charge in [-0.2, -0.15) is 5.10 Å². The van der Waals surface area contributed by atoms with Gasteiger partial charge in [-0.3, -0.25) is 9.48 Å². The molecule has 1 unspecified atom stereocenters. The van der Waals surface area contributed by atoms with Crippen molar-refractivity contribution in [2.24, 2.45) is 7.05 Å². The van der Waals surface area contributed by atoms with E-state index < -0.39 is 11.7 Å². The Labute approximate surface area is 175 Å². The van der Waals surface area contributed by atoms with E-state index in [0.29, 0.717) is 36.8 Å². The molecule has 1 atom stereocenters. The fourth-order valence-electron chi connectivity index (χ4n) is 3.15. The van der Waals surface area contributed by atoms with Crippen LogP contribution >= 0.6 is 0 Å². The van der Waals surface area contributed by atoms with Gasteiger partial charge in [0.2, 0.25) is 0 Å². The molecule has 0 aromatic carbocycles. The SMILES string of the molecule is COCC(CNc1cc2c(c(-c3cnn(C)c3)n1)C(=O)NC2)NC(=O)OC(C)(C)C. The highest BCUT2D eigenvalue weighted by molar-refractivity contribution is 6.04. The van der Waals surface area contributed by atoms with Crippen molar-refractivity contribution in [3.63, 3.8) is 0 Å². The van der Waals surface area contributed by atoms with Crippen LogP contribution in [0.3, 0.4) is 0 Å². The lowest BCUT2D eigenvalue weighted by Crippen LogP contribution is -2.45. The molecule has 0 fully saturated rings. The van der Waals surface area contributed by atoms with Crippen LogP contribution in [0.15, 0.2) is 18.5 Å². The monoisotopic (exact) mass is 416 g/mol. The Kier molecular flexibility index (Phi) is 6.25. The van der Waals surface area contributed by atoms with Gasteiger partial charge in [0.15, 0.2) is 0 Å². The van der Waals surface area contributed by atoms with Gasteiger partial charge in [-0.25, -0.2) is 9.78 Å². The van der Waals surface area contributed by atoms with E-state index in [-0.39, 0.29) is 11.9 Å². The molecular formula is C20H28N6O4. The Balaban J connectivity index is 1.77. The predicted molar refractivity (Wildman–Crippen MR) is 111 cm³/mol. The molecule has 10 heteroatoms. The second-order valence-corrected chi connectivity index (χ2v) is 8.15. The maximum atomic E-state index is 12.3. The molecule has 0 saturated carbocycles. The summed E-state index contributed by atoms with van der Waals surface area (Å²) in [6.45, 7) is 6.52. The van der Waals surface area contributed by atoms with Gasteiger partial charge in [0.05, 0.1) is 30.1 Å². The van der Waals surface area contributed by atoms with Crippen LogP contribution in [0, 0.1) is 0 Å². The summed E-state index contributed by atoms with van der Waals surface area (Å²) in [4.78, 5) is 29.0. The normalized spacial score (nSPS) is 14.1. The van der Waals surface area contributed by atoms with Crippen molar-refractivity contribution in [1.29, 1.82) is 0 Å². The summed E-state index contributed by atoms with van der Waals surface area (Å²) < 4.78 is 12.2. The van der Waals surface area contributed by atoms with Crippen LogP contribution in [0.1, 0.15) is 36.7 Å². The molecule has 0 saturated heterocycles. The third-order valence-electron chi connectivity index (χ3n) is 4.36. The molecule has 3 N–H and O–H groups in total. The maximum Gasteiger partial charge on any atom is 0.408 e. The zero-order valence-electron chi connectivity index (χ0n) is 17.9. The number of rotatable bonds is 7. The highest BCUT2D eigenvalue weighted by Crippen LogP contribution is 2.29. The maximum absolute atomic E-state index is 12.3. The van der Waals surface area contributed by atoms with Gasteiger partial charge in [-0.05, 0) is 32.4 Å². The number of nitrogens with one attached hydrogen (secondary N) is 3. The first kappa shape index (κ1) is 21.6. The van der Waals surface area contributed by atoms with Gasteiger partial charge >= 0.3 is 6.09 Å².